The molecule has 32 heavy (non-hydrogen) atoms. The topological polar surface area (TPSA) is 91.1 Å². The first-order valence-electron chi connectivity index (χ1n) is 10.9. The zero-order valence-electron chi connectivity index (χ0n) is 18.6. The Bertz CT molecular complexity index is 926. The summed E-state index contributed by atoms with van der Waals surface area (Å²) in [7, 11) is 1.76. The van der Waals surface area contributed by atoms with Crippen LogP contribution in [0.25, 0.3) is 0 Å². The highest BCUT2D eigenvalue weighted by molar-refractivity contribution is 14.0. The molecule has 2 unspecified atom stereocenters. The molecule has 8 nitrogen and oxygen atoms in total. The van der Waals surface area contributed by atoms with Crippen molar-refractivity contribution in [2.45, 2.75) is 25.3 Å². The van der Waals surface area contributed by atoms with Gasteiger partial charge in [-0.25, -0.2) is 0 Å². The van der Waals surface area contributed by atoms with Crippen LogP contribution in [0.1, 0.15) is 35.5 Å². The minimum absolute atomic E-state index is 0. The molecule has 0 bridgehead atoms. The van der Waals surface area contributed by atoms with Gasteiger partial charge in [-0.3, -0.25) is 14.7 Å². The number of anilines is 1. The van der Waals surface area contributed by atoms with E-state index in [0.29, 0.717) is 25.5 Å². The normalized spacial score (nSPS) is 20.0. The molecule has 0 spiro atoms. The van der Waals surface area contributed by atoms with Crippen molar-refractivity contribution in [3.05, 3.63) is 53.5 Å². The minimum atomic E-state index is 0. The number of halogens is 1. The number of aliphatic imine (C=N–C) groups is 1. The number of fused-ring (bicyclic) bond motifs is 1. The second-order valence-electron chi connectivity index (χ2n) is 7.98. The van der Waals surface area contributed by atoms with E-state index in [0.717, 1.165) is 49.1 Å². The van der Waals surface area contributed by atoms with E-state index < -0.39 is 0 Å². The van der Waals surface area contributed by atoms with Crippen LogP contribution in [-0.4, -0.2) is 63.2 Å². The second-order valence-corrected chi connectivity index (χ2v) is 7.98. The standard InChI is InChI=1S/C23H31N5O3.HI/c1-16-7-8-21(31-16)20(28-9-11-30-12-10-28)15-26-23(24-2)25-14-17-13-22(29)27-19-6-4-3-5-18(17)19;/h3-8,17,20H,9-15H2,1-2H3,(H,27,29)(H2,24,25,26);1H. The van der Waals surface area contributed by atoms with Gasteiger partial charge < -0.3 is 25.1 Å². The lowest BCUT2D eigenvalue weighted by molar-refractivity contribution is -0.116. The summed E-state index contributed by atoms with van der Waals surface area (Å²) in [6, 6.07) is 12.1. The number of benzene rings is 1. The number of para-hydroxylation sites is 1. The first kappa shape index (κ1) is 24.5. The molecule has 2 atom stereocenters. The number of aryl methyl sites for hydroxylation is 1. The predicted octanol–water partition coefficient (Wildman–Crippen LogP) is 2.87. The lowest BCUT2D eigenvalue weighted by Crippen LogP contribution is -2.47. The van der Waals surface area contributed by atoms with Gasteiger partial charge in [-0.1, -0.05) is 18.2 Å². The molecule has 1 aromatic carbocycles. The Morgan fingerprint density at radius 1 is 1.22 bits per heavy atom. The van der Waals surface area contributed by atoms with Gasteiger partial charge in [0, 0.05) is 51.3 Å². The number of hydrogen-bond donors (Lipinski definition) is 3. The molecule has 2 aliphatic heterocycles. The van der Waals surface area contributed by atoms with E-state index >= 15 is 0 Å². The summed E-state index contributed by atoms with van der Waals surface area (Å²) in [6.45, 7) is 6.45. The highest BCUT2D eigenvalue weighted by Gasteiger charge is 2.27. The highest BCUT2D eigenvalue weighted by atomic mass is 127. The summed E-state index contributed by atoms with van der Waals surface area (Å²) < 4.78 is 11.5. The molecule has 174 valence electrons. The summed E-state index contributed by atoms with van der Waals surface area (Å²) in [5.41, 5.74) is 2.05. The van der Waals surface area contributed by atoms with Crippen molar-refractivity contribution in [3.63, 3.8) is 0 Å². The Labute approximate surface area is 206 Å². The van der Waals surface area contributed by atoms with Crippen LogP contribution in [0.3, 0.4) is 0 Å². The van der Waals surface area contributed by atoms with Crippen LogP contribution in [-0.2, 0) is 9.53 Å². The number of rotatable bonds is 6. The smallest absolute Gasteiger partial charge is 0.225 e. The fraction of sp³-hybridized carbons (Fsp3) is 0.478. The van der Waals surface area contributed by atoms with Gasteiger partial charge in [-0.15, -0.1) is 24.0 Å². The fourth-order valence-corrected chi connectivity index (χ4v) is 4.25. The Morgan fingerprint density at radius 2 is 2.00 bits per heavy atom. The third-order valence-electron chi connectivity index (χ3n) is 5.88. The fourth-order valence-electron chi connectivity index (χ4n) is 4.25. The lowest BCUT2D eigenvalue weighted by atomic mass is 9.90. The zero-order valence-corrected chi connectivity index (χ0v) is 20.9. The van der Waals surface area contributed by atoms with E-state index in [1.807, 2.05) is 37.3 Å². The molecule has 9 heteroatoms. The molecule has 2 aromatic rings. The molecular weight excluding hydrogens is 521 g/mol. The van der Waals surface area contributed by atoms with Crippen molar-refractivity contribution in [1.82, 2.24) is 15.5 Å². The van der Waals surface area contributed by atoms with Crippen LogP contribution in [0.5, 0.6) is 0 Å². The van der Waals surface area contributed by atoms with E-state index in [4.69, 9.17) is 9.15 Å². The highest BCUT2D eigenvalue weighted by Crippen LogP contribution is 2.31. The average Bonchev–Trinajstić information content (AvgIpc) is 3.22. The number of nitrogens with one attached hydrogen (secondary N) is 3. The number of nitrogens with zero attached hydrogens (tertiary/aromatic N) is 2. The summed E-state index contributed by atoms with van der Waals surface area (Å²) in [4.78, 5) is 18.9. The van der Waals surface area contributed by atoms with Crippen molar-refractivity contribution < 1.29 is 13.9 Å². The van der Waals surface area contributed by atoms with Crippen molar-refractivity contribution in [3.8, 4) is 0 Å². The van der Waals surface area contributed by atoms with Crippen molar-refractivity contribution in [2.24, 2.45) is 4.99 Å². The molecule has 3 heterocycles. The second kappa shape index (κ2) is 11.7. The number of carbonyl (C=O) groups excluding carboxylic acids is 1. The molecule has 4 rings (SSSR count). The average molecular weight is 553 g/mol. The van der Waals surface area contributed by atoms with Gasteiger partial charge in [0.1, 0.15) is 11.5 Å². The maximum absolute atomic E-state index is 12.1. The SMILES string of the molecule is CN=C(NCC1CC(=O)Nc2ccccc21)NCC(c1ccc(C)o1)N1CCOCC1.I. The van der Waals surface area contributed by atoms with Crippen LogP contribution >= 0.6 is 24.0 Å². The van der Waals surface area contributed by atoms with E-state index in [9.17, 15) is 4.79 Å². The van der Waals surface area contributed by atoms with E-state index in [1.165, 1.54) is 0 Å². The minimum Gasteiger partial charge on any atom is -0.465 e. The molecule has 0 aliphatic carbocycles. The predicted molar refractivity (Wildman–Crippen MR) is 136 cm³/mol. The summed E-state index contributed by atoms with van der Waals surface area (Å²) in [5.74, 6) is 2.72. The maximum atomic E-state index is 12.1. The third-order valence-corrected chi connectivity index (χ3v) is 5.88. The largest absolute Gasteiger partial charge is 0.465 e. The van der Waals surface area contributed by atoms with Crippen LogP contribution in [0.2, 0.25) is 0 Å². The van der Waals surface area contributed by atoms with Gasteiger partial charge in [0.15, 0.2) is 5.96 Å². The van der Waals surface area contributed by atoms with Gasteiger partial charge in [-0.2, -0.15) is 0 Å². The Hall–Kier alpha value is -2.11. The van der Waals surface area contributed by atoms with Crippen LogP contribution < -0.4 is 16.0 Å². The zero-order chi connectivity index (χ0) is 21.6. The molecular formula is C23H32IN5O3. The molecule has 0 radical (unpaired) electrons. The number of morpholine rings is 1. The van der Waals surface area contributed by atoms with Gasteiger partial charge in [0.2, 0.25) is 5.91 Å². The van der Waals surface area contributed by atoms with E-state index in [2.05, 4.69) is 31.9 Å². The maximum Gasteiger partial charge on any atom is 0.225 e. The van der Waals surface area contributed by atoms with Crippen molar-refractivity contribution >= 4 is 41.5 Å². The van der Waals surface area contributed by atoms with Crippen LogP contribution in [0.4, 0.5) is 5.69 Å². The number of guanidine groups is 1. The number of ether oxygens (including phenoxy) is 1. The Kier molecular flexibility index (Phi) is 8.94. The molecule has 1 amide bonds. The van der Waals surface area contributed by atoms with Gasteiger partial charge in [0.25, 0.3) is 0 Å². The molecule has 0 saturated carbocycles. The number of carbonyl (C=O) groups is 1. The lowest BCUT2D eigenvalue weighted by Gasteiger charge is -2.33. The van der Waals surface area contributed by atoms with Gasteiger partial charge in [-0.05, 0) is 30.7 Å². The third kappa shape index (κ3) is 6.02. The summed E-state index contributed by atoms with van der Waals surface area (Å²) in [5, 5.41) is 9.80. The number of furan rings is 1. The Balaban J connectivity index is 0.00000289. The molecule has 2 aliphatic rings. The molecule has 1 fully saturated rings. The van der Waals surface area contributed by atoms with E-state index in [-0.39, 0.29) is 41.8 Å². The summed E-state index contributed by atoms with van der Waals surface area (Å²) >= 11 is 0. The number of amides is 1. The quantitative estimate of drug-likeness (QED) is 0.290. The van der Waals surface area contributed by atoms with Crippen LogP contribution in [0.15, 0.2) is 45.8 Å². The van der Waals surface area contributed by atoms with Crippen molar-refractivity contribution in [2.75, 3.05) is 51.8 Å². The van der Waals surface area contributed by atoms with Gasteiger partial charge in [0.05, 0.1) is 19.3 Å². The monoisotopic (exact) mass is 553 g/mol. The summed E-state index contributed by atoms with van der Waals surface area (Å²) in [6.07, 6.45) is 0.461. The Morgan fingerprint density at radius 3 is 2.72 bits per heavy atom. The first-order chi connectivity index (χ1) is 15.1. The van der Waals surface area contributed by atoms with E-state index in [1.54, 1.807) is 7.05 Å². The van der Waals surface area contributed by atoms with Gasteiger partial charge >= 0.3 is 0 Å². The number of hydrogen-bond acceptors (Lipinski definition) is 5. The molecule has 1 saturated heterocycles. The van der Waals surface area contributed by atoms with Crippen LogP contribution in [0, 0.1) is 6.92 Å². The first-order valence-corrected chi connectivity index (χ1v) is 10.9. The molecule has 3 N–H and O–H groups in total. The van der Waals surface area contributed by atoms with Crippen molar-refractivity contribution in [1.29, 1.82) is 0 Å². The molecule has 1 aromatic heterocycles.